The van der Waals surface area contributed by atoms with Gasteiger partial charge in [-0.25, -0.2) is 4.68 Å². The Morgan fingerprint density at radius 3 is 3.00 bits per heavy atom. The van der Waals surface area contributed by atoms with E-state index in [1.807, 2.05) is 0 Å². The van der Waals surface area contributed by atoms with Gasteiger partial charge >= 0.3 is 5.97 Å². The molecule has 100 valence electrons. The summed E-state index contributed by atoms with van der Waals surface area (Å²) in [6, 6.07) is 0. The molecule has 1 aliphatic heterocycles. The van der Waals surface area contributed by atoms with Gasteiger partial charge in [0.25, 0.3) is 0 Å². The van der Waals surface area contributed by atoms with Gasteiger partial charge in [0.2, 0.25) is 0 Å². The van der Waals surface area contributed by atoms with E-state index in [0.29, 0.717) is 6.61 Å². The number of rotatable bonds is 4. The second kappa shape index (κ2) is 5.01. The lowest BCUT2D eigenvalue weighted by atomic mass is 9.93. The van der Waals surface area contributed by atoms with Crippen molar-refractivity contribution in [2.75, 3.05) is 13.2 Å². The van der Waals surface area contributed by atoms with E-state index in [9.17, 15) is 4.79 Å². The number of carboxylic acid groups (broad SMARTS) is 1. The molecule has 1 unspecified atom stereocenters. The topological polar surface area (TPSA) is 90.1 Å². The number of hydrogen-bond donors (Lipinski definition) is 1. The van der Waals surface area contributed by atoms with Crippen molar-refractivity contribution in [1.82, 2.24) is 20.2 Å². The molecule has 0 radical (unpaired) electrons. The molecule has 0 amide bonds. The maximum atomic E-state index is 11.1. The molecule has 0 aromatic carbocycles. The van der Waals surface area contributed by atoms with E-state index >= 15 is 0 Å². The first-order valence-corrected chi connectivity index (χ1v) is 6.08. The molecule has 0 spiro atoms. The number of hydrogen-bond acceptors (Lipinski definition) is 5. The highest BCUT2D eigenvalue weighted by Crippen LogP contribution is 2.25. The van der Waals surface area contributed by atoms with Gasteiger partial charge in [-0.15, -0.1) is 5.10 Å². The second-order valence-corrected chi connectivity index (χ2v) is 5.30. The summed E-state index contributed by atoms with van der Waals surface area (Å²) in [4.78, 5) is 11.1. The second-order valence-electron chi connectivity index (χ2n) is 5.30. The largest absolute Gasteiger partial charge is 0.481 e. The number of tetrazole rings is 1. The first-order chi connectivity index (χ1) is 8.50. The van der Waals surface area contributed by atoms with E-state index in [0.717, 1.165) is 25.3 Å². The van der Waals surface area contributed by atoms with E-state index in [4.69, 9.17) is 9.84 Å². The van der Waals surface area contributed by atoms with Crippen LogP contribution < -0.4 is 0 Å². The molecule has 2 heterocycles. The predicted molar refractivity (Wildman–Crippen MR) is 62.0 cm³/mol. The molecule has 1 aliphatic rings. The van der Waals surface area contributed by atoms with Crippen LogP contribution >= 0.6 is 0 Å². The molecule has 1 aromatic rings. The average Bonchev–Trinajstić information content (AvgIpc) is 2.77. The fourth-order valence-corrected chi connectivity index (χ4v) is 2.00. The summed E-state index contributed by atoms with van der Waals surface area (Å²) in [5.74, 6) is 0.0335. The molecule has 1 fully saturated rings. The molecular formula is C11H18N4O3. The Labute approximate surface area is 105 Å². The normalized spacial score (nSPS) is 20.9. The Kier molecular flexibility index (Phi) is 3.60. The van der Waals surface area contributed by atoms with Crippen LogP contribution in [0.15, 0.2) is 0 Å². The van der Waals surface area contributed by atoms with Crippen LogP contribution in [-0.2, 0) is 16.1 Å². The molecule has 0 aliphatic carbocycles. The minimum absolute atomic E-state index is 0.165. The third-order valence-electron chi connectivity index (χ3n) is 3.21. The van der Waals surface area contributed by atoms with Gasteiger partial charge in [0.1, 0.15) is 0 Å². The Hall–Kier alpha value is -1.50. The van der Waals surface area contributed by atoms with Gasteiger partial charge in [0, 0.05) is 12.5 Å². The molecule has 0 saturated carbocycles. The molecular weight excluding hydrogens is 236 g/mol. The van der Waals surface area contributed by atoms with Crippen LogP contribution in [0, 0.1) is 5.41 Å². The Bertz CT molecular complexity index is 424. The lowest BCUT2D eigenvalue weighted by molar-refractivity contribution is -0.147. The van der Waals surface area contributed by atoms with E-state index in [-0.39, 0.29) is 12.5 Å². The zero-order valence-electron chi connectivity index (χ0n) is 10.7. The van der Waals surface area contributed by atoms with Gasteiger partial charge in [-0.05, 0) is 37.1 Å². The van der Waals surface area contributed by atoms with Gasteiger partial charge < -0.3 is 9.84 Å². The SMILES string of the molecule is CC(C)(Cn1nnnc1C1CCCOC1)C(=O)O. The highest BCUT2D eigenvalue weighted by Gasteiger charge is 2.31. The number of aromatic nitrogens is 4. The molecule has 7 nitrogen and oxygen atoms in total. The number of nitrogens with zero attached hydrogens (tertiary/aromatic N) is 4. The third kappa shape index (κ3) is 2.66. The number of aliphatic carboxylic acids is 1. The third-order valence-corrected chi connectivity index (χ3v) is 3.21. The van der Waals surface area contributed by atoms with Crippen molar-refractivity contribution in [2.24, 2.45) is 5.41 Å². The standard InChI is InChI=1S/C11H18N4O3/c1-11(2,10(16)17)7-15-9(12-13-14-15)8-4-3-5-18-6-8/h8H,3-7H2,1-2H3,(H,16,17). The van der Waals surface area contributed by atoms with Crippen LogP contribution in [0.4, 0.5) is 0 Å². The summed E-state index contributed by atoms with van der Waals surface area (Å²) in [6.07, 6.45) is 1.97. The number of ether oxygens (including phenoxy) is 1. The van der Waals surface area contributed by atoms with Crippen LogP contribution in [0.5, 0.6) is 0 Å². The summed E-state index contributed by atoms with van der Waals surface area (Å²) in [5, 5.41) is 20.7. The summed E-state index contributed by atoms with van der Waals surface area (Å²) in [6.45, 7) is 4.98. The van der Waals surface area contributed by atoms with Crippen molar-refractivity contribution in [3.05, 3.63) is 5.82 Å². The quantitative estimate of drug-likeness (QED) is 0.849. The van der Waals surface area contributed by atoms with E-state index < -0.39 is 11.4 Å². The van der Waals surface area contributed by atoms with Crippen molar-refractivity contribution in [3.8, 4) is 0 Å². The maximum Gasteiger partial charge on any atom is 0.310 e. The molecule has 1 aromatic heterocycles. The van der Waals surface area contributed by atoms with Gasteiger partial charge in [-0.2, -0.15) is 0 Å². The van der Waals surface area contributed by atoms with Crippen molar-refractivity contribution in [2.45, 2.75) is 39.2 Å². The minimum Gasteiger partial charge on any atom is -0.481 e. The van der Waals surface area contributed by atoms with Crippen molar-refractivity contribution in [3.63, 3.8) is 0 Å². The Balaban J connectivity index is 2.14. The summed E-state index contributed by atoms with van der Waals surface area (Å²) < 4.78 is 7.00. The smallest absolute Gasteiger partial charge is 0.310 e. The van der Waals surface area contributed by atoms with Crippen molar-refractivity contribution >= 4 is 5.97 Å². The molecule has 0 bridgehead atoms. The van der Waals surface area contributed by atoms with Gasteiger partial charge in [0.15, 0.2) is 5.82 Å². The van der Waals surface area contributed by atoms with E-state index in [1.54, 1.807) is 18.5 Å². The first kappa shape index (κ1) is 12.9. The van der Waals surface area contributed by atoms with Crippen LogP contribution in [-0.4, -0.2) is 44.5 Å². The first-order valence-electron chi connectivity index (χ1n) is 6.08. The molecule has 18 heavy (non-hydrogen) atoms. The van der Waals surface area contributed by atoms with Gasteiger partial charge in [-0.3, -0.25) is 4.79 Å². The Morgan fingerprint density at radius 1 is 1.61 bits per heavy atom. The number of carboxylic acids is 1. The van der Waals surface area contributed by atoms with Crippen LogP contribution in [0.3, 0.4) is 0 Å². The molecule has 7 heteroatoms. The molecule has 2 rings (SSSR count). The predicted octanol–water partition coefficient (Wildman–Crippen LogP) is 0.678. The minimum atomic E-state index is -0.889. The van der Waals surface area contributed by atoms with E-state index in [2.05, 4.69) is 15.5 Å². The average molecular weight is 254 g/mol. The summed E-state index contributed by atoms with van der Waals surface area (Å²) in [5.41, 5.74) is -0.889. The van der Waals surface area contributed by atoms with E-state index in [1.165, 1.54) is 0 Å². The fraction of sp³-hybridized carbons (Fsp3) is 0.818. The maximum absolute atomic E-state index is 11.1. The van der Waals surface area contributed by atoms with Crippen LogP contribution in [0.25, 0.3) is 0 Å². The zero-order valence-corrected chi connectivity index (χ0v) is 10.7. The lowest BCUT2D eigenvalue weighted by Gasteiger charge is -2.23. The molecule has 1 N–H and O–H groups in total. The zero-order chi connectivity index (χ0) is 13.2. The Morgan fingerprint density at radius 2 is 2.39 bits per heavy atom. The summed E-state index contributed by atoms with van der Waals surface area (Å²) >= 11 is 0. The monoisotopic (exact) mass is 254 g/mol. The van der Waals surface area contributed by atoms with Crippen LogP contribution in [0.2, 0.25) is 0 Å². The molecule has 1 saturated heterocycles. The number of carbonyl (C=O) groups is 1. The van der Waals surface area contributed by atoms with Gasteiger partial charge in [0.05, 0.1) is 18.6 Å². The highest BCUT2D eigenvalue weighted by atomic mass is 16.5. The highest BCUT2D eigenvalue weighted by molar-refractivity contribution is 5.73. The fourth-order valence-electron chi connectivity index (χ4n) is 2.00. The van der Waals surface area contributed by atoms with Gasteiger partial charge in [-0.1, -0.05) is 0 Å². The van der Waals surface area contributed by atoms with Crippen molar-refractivity contribution < 1.29 is 14.6 Å². The van der Waals surface area contributed by atoms with Crippen molar-refractivity contribution in [1.29, 1.82) is 0 Å². The molecule has 1 atom stereocenters. The van der Waals surface area contributed by atoms with Crippen LogP contribution in [0.1, 0.15) is 38.4 Å². The lowest BCUT2D eigenvalue weighted by Crippen LogP contribution is -2.31. The summed E-state index contributed by atoms with van der Waals surface area (Å²) in [7, 11) is 0.